The van der Waals surface area contributed by atoms with Gasteiger partial charge >= 0.3 is 0 Å². The Morgan fingerprint density at radius 2 is 1.79 bits per heavy atom. The summed E-state index contributed by atoms with van der Waals surface area (Å²) in [4.78, 5) is 3.14. The monoisotopic (exact) mass is 257 g/mol. The van der Waals surface area contributed by atoms with Crippen molar-refractivity contribution < 1.29 is 14.1 Å². The van der Waals surface area contributed by atoms with Crippen molar-refractivity contribution in [3.63, 3.8) is 0 Å². The molecule has 3 aromatic rings. The molecule has 0 saturated heterocycles. The van der Waals surface area contributed by atoms with E-state index in [1.807, 2.05) is 34.9 Å². The molecule has 1 heterocycles. The van der Waals surface area contributed by atoms with E-state index in [0.29, 0.717) is 17.9 Å². The first-order valence-corrected chi connectivity index (χ1v) is 6.13. The summed E-state index contributed by atoms with van der Waals surface area (Å²) in [6.45, 7) is 0.287. The molecule has 0 saturated carbocycles. The first kappa shape index (κ1) is 11.9. The highest BCUT2D eigenvalue weighted by molar-refractivity contribution is 5.71. The molecule has 0 spiro atoms. The van der Waals surface area contributed by atoms with Gasteiger partial charge in [-0.2, -0.15) is 0 Å². The molecule has 2 N–H and O–H groups in total. The van der Waals surface area contributed by atoms with Crippen LogP contribution in [0, 0.1) is 5.82 Å². The minimum Gasteiger partial charge on any atom is -0.384 e. The van der Waals surface area contributed by atoms with E-state index in [9.17, 15) is 9.50 Å². The molecular weight excluding hydrogens is 243 g/mol. The molecule has 3 rings (SSSR count). The van der Waals surface area contributed by atoms with E-state index < -0.39 is 0 Å². The summed E-state index contributed by atoms with van der Waals surface area (Å²) >= 11 is 0. The van der Waals surface area contributed by atoms with Crippen molar-refractivity contribution in [1.29, 1.82) is 0 Å². The predicted octanol–water partition coefficient (Wildman–Crippen LogP) is 2.14. The molecule has 4 heteroatoms. The molecule has 3 nitrogen and oxygen atoms in total. The van der Waals surface area contributed by atoms with Crippen LogP contribution in [-0.4, -0.2) is 10.1 Å². The summed E-state index contributed by atoms with van der Waals surface area (Å²) in [6, 6.07) is 14.4. The maximum absolute atomic E-state index is 13.7. The van der Waals surface area contributed by atoms with Crippen LogP contribution in [0.4, 0.5) is 4.39 Å². The maximum atomic E-state index is 13.7. The quantitative estimate of drug-likeness (QED) is 0.693. The van der Waals surface area contributed by atoms with Gasteiger partial charge in [-0.1, -0.05) is 30.3 Å². The minimum atomic E-state index is -0.232. The largest absolute Gasteiger partial charge is 0.384 e. The Morgan fingerprint density at radius 3 is 2.58 bits per heavy atom. The van der Waals surface area contributed by atoms with Crippen LogP contribution in [0.3, 0.4) is 0 Å². The highest BCUT2D eigenvalue weighted by Gasteiger charge is 2.18. The number of aliphatic hydroxyl groups is 1. The second-order valence-electron chi connectivity index (χ2n) is 4.42. The second kappa shape index (κ2) is 4.82. The van der Waals surface area contributed by atoms with Crippen molar-refractivity contribution in [2.75, 3.05) is 0 Å². The van der Waals surface area contributed by atoms with Gasteiger partial charge in [0.1, 0.15) is 19.0 Å². The molecule has 2 aromatic carbocycles. The third kappa shape index (κ3) is 2.11. The fourth-order valence-corrected chi connectivity index (χ4v) is 2.29. The number of aliphatic hydroxyl groups excluding tert-OH is 1. The fraction of sp³-hybridized carbons (Fsp3) is 0.133. The van der Waals surface area contributed by atoms with E-state index in [4.69, 9.17) is 0 Å². The summed E-state index contributed by atoms with van der Waals surface area (Å²) < 4.78 is 15.6. The highest BCUT2D eigenvalue weighted by atomic mass is 19.1. The van der Waals surface area contributed by atoms with Crippen molar-refractivity contribution in [1.82, 2.24) is 4.98 Å². The number of rotatable bonds is 3. The molecule has 0 bridgehead atoms. The van der Waals surface area contributed by atoms with Gasteiger partial charge in [-0.25, -0.2) is 13.9 Å². The number of hydrogen-bond acceptors (Lipinski definition) is 1. The number of aromatic nitrogens is 2. The number of hydrogen-bond donors (Lipinski definition) is 2. The number of nitrogens with zero attached hydrogens (tertiary/aromatic N) is 1. The Labute approximate surface area is 109 Å². The molecule has 0 fully saturated rings. The van der Waals surface area contributed by atoms with Crippen LogP contribution in [0.15, 0.2) is 48.5 Å². The van der Waals surface area contributed by atoms with Gasteiger partial charge in [0.2, 0.25) is 0 Å². The van der Waals surface area contributed by atoms with Crippen molar-refractivity contribution in [3.05, 3.63) is 65.7 Å². The highest BCUT2D eigenvalue weighted by Crippen LogP contribution is 2.12. The van der Waals surface area contributed by atoms with Gasteiger partial charge in [0.05, 0.1) is 0 Å². The predicted molar refractivity (Wildman–Crippen MR) is 69.9 cm³/mol. The van der Waals surface area contributed by atoms with Crippen LogP contribution in [0.5, 0.6) is 0 Å². The number of nitrogens with one attached hydrogen (secondary N) is 1. The zero-order chi connectivity index (χ0) is 13.2. The summed E-state index contributed by atoms with van der Waals surface area (Å²) in [6.07, 6.45) is 0. The zero-order valence-electron chi connectivity index (χ0n) is 10.3. The second-order valence-corrected chi connectivity index (χ2v) is 4.42. The molecule has 19 heavy (non-hydrogen) atoms. The van der Waals surface area contributed by atoms with Crippen molar-refractivity contribution in [2.24, 2.45) is 0 Å². The SMILES string of the molecule is OCc1[nH]c2ccccc2[n+]1Cc1ccccc1F. The normalized spacial score (nSPS) is 11.1. The number of fused-ring (bicyclic) bond motifs is 1. The lowest BCUT2D eigenvalue weighted by Gasteiger charge is -2.02. The Morgan fingerprint density at radius 1 is 1.05 bits per heavy atom. The van der Waals surface area contributed by atoms with Gasteiger partial charge in [0.15, 0.2) is 11.0 Å². The summed E-state index contributed by atoms with van der Waals surface area (Å²) in [5.74, 6) is 0.439. The standard InChI is InChI=1S/C15H13FN2O/c16-12-6-2-1-5-11(12)9-18-14-8-4-3-7-13(14)17-15(18)10-19/h1-8,19H,9-10H2/p+1. The van der Waals surface area contributed by atoms with Crippen LogP contribution >= 0.6 is 0 Å². The molecule has 0 amide bonds. The average molecular weight is 257 g/mol. The first-order valence-electron chi connectivity index (χ1n) is 6.13. The number of aromatic amines is 1. The Balaban J connectivity index is 2.12. The topological polar surface area (TPSA) is 39.9 Å². The van der Waals surface area contributed by atoms with Gasteiger partial charge in [0, 0.05) is 5.56 Å². The van der Waals surface area contributed by atoms with Crippen LogP contribution in [0.1, 0.15) is 11.4 Å². The van der Waals surface area contributed by atoms with Crippen LogP contribution < -0.4 is 4.57 Å². The van der Waals surface area contributed by atoms with Crippen molar-refractivity contribution in [3.8, 4) is 0 Å². The van der Waals surface area contributed by atoms with E-state index in [1.54, 1.807) is 12.1 Å². The van der Waals surface area contributed by atoms with Gasteiger partial charge < -0.3 is 5.11 Å². The Bertz CT molecular complexity index is 721. The van der Waals surface area contributed by atoms with Crippen LogP contribution in [-0.2, 0) is 13.2 Å². The van der Waals surface area contributed by atoms with Crippen LogP contribution in [0.25, 0.3) is 11.0 Å². The van der Waals surface area contributed by atoms with E-state index in [2.05, 4.69) is 4.98 Å². The number of benzene rings is 2. The van der Waals surface area contributed by atoms with E-state index in [1.165, 1.54) is 6.07 Å². The van der Waals surface area contributed by atoms with Gasteiger partial charge in [-0.15, -0.1) is 0 Å². The number of halogens is 1. The minimum absolute atomic E-state index is 0.108. The van der Waals surface area contributed by atoms with Crippen molar-refractivity contribution >= 4 is 11.0 Å². The lowest BCUT2D eigenvalue weighted by molar-refractivity contribution is -0.672. The number of imidazole rings is 1. The summed E-state index contributed by atoms with van der Waals surface area (Å²) in [7, 11) is 0. The van der Waals surface area contributed by atoms with Crippen molar-refractivity contribution in [2.45, 2.75) is 13.2 Å². The average Bonchev–Trinajstić information content (AvgIpc) is 2.79. The third-order valence-corrected chi connectivity index (χ3v) is 3.24. The molecule has 0 aliphatic heterocycles. The van der Waals surface area contributed by atoms with E-state index in [0.717, 1.165) is 11.0 Å². The van der Waals surface area contributed by atoms with E-state index >= 15 is 0 Å². The third-order valence-electron chi connectivity index (χ3n) is 3.24. The van der Waals surface area contributed by atoms with Gasteiger partial charge in [-0.05, 0) is 18.2 Å². The molecule has 0 aliphatic carbocycles. The van der Waals surface area contributed by atoms with Crippen LogP contribution in [0.2, 0.25) is 0 Å². The van der Waals surface area contributed by atoms with E-state index in [-0.39, 0.29) is 12.4 Å². The lowest BCUT2D eigenvalue weighted by Crippen LogP contribution is -2.38. The van der Waals surface area contributed by atoms with Gasteiger partial charge in [-0.3, -0.25) is 0 Å². The molecule has 0 atom stereocenters. The number of para-hydroxylation sites is 2. The molecular formula is C15H14FN2O+. The zero-order valence-corrected chi connectivity index (χ0v) is 10.3. The molecule has 0 unspecified atom stereocenters. The molecule has 96 valence electrons. The summed E-state index contributed by atoms with van der Waals surface area (Å²) in [5.41, 5.74) is 2.49. The summed E-state index contributed by atoms with van der Waals surface area (Å²) in [5, 5.41) is 9.42. The molecule has 0 aliphatic rings. The Hall–Kier alpha value is -2.20. The first-order chi connectivity index (χ1) is 9.29. The fourth-order valence-electron chi connectivity index (χ4n) is 2.29. The maximum Gasteiger partial charge on any atom is 0.281 e. The number of H-pyrrole nitrogens is 1. The molecule has 1 aromatic heterocycles. The smallest absolute Gasteiger partial charge is 0.281 e. The molecule has 0 radical (unpaired) electrons. The Kier molecular flexibility index (Phi) is 3.01. The van der Waals surface area contributed by atoms with Gasteiger partial charge in [0.25, 0.3) is 5.82 Å². The lowest BCUT2D eigenvalue weighted by atomic mass is 10.2.